The highest BCUT2D eigenvalue weighted by molar-refractivity contribution is 7.98. The molecule has 12 heavy (non-hydrogen) atoms. The van der Waals surface area contributed by atoms with E-state index in [0.29, 0.717) is 0 Å². The summed E-state index contributed by atoms with van der Waals surface area (Å²) in [5, 5.41) is 0. The highest BCUT2D eigenvalue weighted by Gasteiger charge is 2.14. The molecule has 0 N–H and O–H groups in total. The minimum absolute atomic E-state index is 0.0926. The molecule has 1 atom stereocenters. The summed E-state index contributed by atoms with van der Waals surface area (Å²) < 4.78 is 0. The van der Waals surface area contributed by atoms with E-state index in [1.165, 1.54) is 0 Å². The number of thioether (sulfide) groups is 1. The van der Waals surface area contributed by atoms with E-state index in [4.69, 9.17) is 0 Å². The van der Waals surface area contributed by atoms with Gasteiger partial charge in [0.25, 0.3) is 0 Å². The van der Waals surface area contributed by atoms with E-state index >= 15 is 0 Å². The van der Waals surface area contributed by atoms with Gasteiger partial charge in [0.1, 0.15) is 5.78 Å². The van der Waals surface area contributed by atoms with Crippen LogP contribution in [0.2, 0.25) is 0 Å². The second-order valence-corrected chi connectivity index (χ2v) is 3.46. The Morgan fingerprint density at radius 2 is 1.83 bits per heavy atom. The molecule has 0 spiro atoms. The van der Waals surface area contributed by atoms with Gasteiger partial charge < -0.3 is 0 Å². The van der Waals surface area contributed by atoms with E-state index in [2.05, 4.69) is 0 Å². The van der Waals surface area contributed by atoms with Crippen molar-refractivity contribution in [3.05, 3.63) is 0 Å². The lowest BCUT2D eigenvalue weighted by atomic mass is 10.2. The van der Waals surface area contributed by atoms with Gasteiger partial charge in [-0.3, -0.25) is 9.69 Å². The fraction of sp³-hybridized carbons (Fsp3) is 0.889. The van der Waals surface area contributed by atoms with Gasteiger partial charge in [-0.25, -0.2) is 0 Å². The summed E-state index contributed by atoms with van der Waals surface area (Å²) >= 11 is 1.70. The van der Waals surface area contributed by atoms with Crippen LogP contribution >= 0.6 is 11.8 Å². The number of likely N-dealkylation sites (N-methyl/N-ethyl adjacent to an activating group) is 1. The van der Waals surface area contributed by atoms with E-state index in [1.807, 2.05) is 39.1 Å². The molecule has 0 aromatic rings. The average Bonchev–Trinajstić information content (AvgIpc) is 2.03. The molecule has 2 nitrogen and oxygen atoms in total. The van der Waals surface area contributed by atoms with E-state index < -0.39 is 0 Å². The Bertz CT molecular complexity index is 115. The maximum Gasteiger partial charge on any atom is 0.147 e. The van der Waals surface area contributed by atoms with E-state index in [-0.39, 0.29) is 11.8 Å². The number of rotatable bonds is 4. The summed E-state index contributed by atoms with van der Waals surface area (Å²) in [4.78, 5) is 12.9. The zero-order valence-corrected chi connectivity index (χ0v) is 9.86. The summed E-state index contributed by atoms with van der Waals surface area (Å²) in [7, 11) is 3.87. The molecule has 0 aliphatic heterocycles. The molecule has 0 aliphatic rings. The number of hydrogen-bond donors (Lipinski definition) is 0. The van der Waals surface area contributed by atoms with Crippen LogP contribution in [-0.4, -0.2) is 42.8 Å². The monoisotopic (exact) mass is 191 g/mol. The molecule has 0 saturated heterocycles. The predicted molar refractivity (Wildman–Crippen MR) is 57.9 cm³/mol. The van der Waals surface area contributed by atoms with Gasteiger partial charge in [0.2, 0.25) is 0 Å². The van der Waals surface area contributed by atoms with E-state index in [1.54, 1.807) is 18.7 Å². The number of Topliss-reactive ketones (excluding diaryl/α,β-unsaturated/α-hetero) is 1. The van der Waals surface area contributed by atoms with Crippen LogP contribution in [0.5, 0.6) is 0 Å². The number of ketones is 1. The van der Waals surface area contributed by atoms with Crippen LogP contribution < -0.4 is 0 Å². The van der Waals surface area contributed by atoms with Gasteiger partial charge in [-0.05, 0) is 27.3 Å². The molecule has 0 aromatic carbocycles. The summed E-state index contributed by atoms with van der Waals surface area (Å²) in [6.07, 6.45) is 2.01. The third kappa shape index (κ3) is 6.68. The molecule has 0 heterocycles. The predicted octanol–water partition coefficient (Wildman–Crippen LogP) is 1.89. The first-order chi connectivity index (χ1) is 5.59. The van der Waals surface area contributed by atoms with Crippen molar-refractivity contribution in [2.45, 2.75) is 26.8 Å². The minimum Gasteiger partial charge on any atom is -0.299 e. The van der Waals surface area contributed by atoms with Crippen LogP contribution in [0.1, 0.15) is 20.8 Å². The largest absolute Gasteiger partial charge is 0.299 e. The second-order valence-electron chi connectivity index (χ2n) is 2.55. The Morgan fingerprint density at radius 1 is 1.42 bits per heavy atom. The average molecular weight is 191 g/mol. The van der Waals surface area contributed by atoms with Crippen molar-refractivity contribution in [3.63, 3.8) is 0 Å². The Balaban J connectivity index is 0. The molecule has 0 aliphatic carbocycles. The molecule has 1 unspecified atom stereocenters. The lowest BCUT2D eigenvalue weighted by molar-refractivity contribution is -0.120. The van der Waals surface area contributed by atoms with Crippen LogP contribution in [-0.2, 0) is 4.79 Å². The number of carbonyl (C=O) groups is 1. The van der Waals surface area contributed by atoms with Gasteiger partial charge >= 0.3 is 0 Å². The molecule has 0 fully saturated rings. The van der Waals surface area contributed by atoms with Crippen molar-refractivity contribution >= 4 is 17.5 Å². The van der Waals surface area contributed by atoms with Crippen molar-refractivity contribution in [2.75, 3.05) is 26.1 Å². The van der Waals surface area contributed by atoms with E-state index in [9.17, 15) is 4.79 Å². The Labute approximate surface area is 80.7 Å². The molecule has 0 amide bonds. The van der Waals surface area contributed by atoms with Gasteiger partial charge in [-0.15, -0.1) is 0 Å². The van der Waals surface area contributed by atoms with Gasteiger partial charge in [-0.1, -0.05) is 13.8 Å². The maximum atomic E-state index is 10.9. The van der Waals surface area contributed by atoms with Gasteiger partial charge in [0.05, 0.1) is 6.04 Å². The van der Waals surface area contributed by atoms with Crippen molar-refractivity contribution in [3.8, 4) is 0 Å². The minimum atomic E-state index is 0.0926. The lowest BCUT2D eigenvalue weighted by Gasteiger charge is -2.19. The van der Waals surface area contributed by atoms with Crippen molar-refractivity contribution in [1.82, 2.24) is 4.90 Å². The maximum absolute atomic E-state index is 10.9. The molecule has 3 heteroatoms. The summed E-state index contributed by atoms with van der Waals surface area (Å²) in [5.41, 5.74) is 0. The smallest absolute Gasteiger partial charge is 0.147 e. The first-order valence-electron chi connectivity index (χ1n) is 4.25. The van der Waals surface area contributed by atoms with Crippen molar-refractivity contribution in [1.29, 1.82) is 0 Å². The molecule has 74 valence electrons. The summed E-state index contributed by atoms with van der Waals surface area (Å²) in [6.45, 7) is 5.64. The molecular formula is C9H21NOS. The van der Waals surface area contributed by atoms with Gasteiger partial charge in [0.15, 0.2) is 0 Å². The fourth-order valence-electron chi connectivity index (χ4n) is 0.788. The third-order valence-corrected chi connectivity index (χ3v) is 2.07. The normalized spacial score (nSPS) is 11.9. The Kier molecular flexibility index (Phi) is 11.0. The zero-order valence-electron chi connectivity index (χ0n) is 9.05. The Hall–Kier alpha value is -0.0200. The van der Waals surface area contributed by atoms with Crippen LogP contribution in [0.15, 0.2) is 0 Å². The van der Waals surface area contributed by atoms with Crippen LogP contribution in [0.3, 0.4) is 0 Å². The van der Waals surface area contributed by atoms with Crippen LogP contribution in [0, 0.1) is 0 Å². The second kappa shape index (κ2) is 9.07. The zero-order chi connectivity index (χ0) is 10.1. The SMILES string of the molecule is CC.CSCC(C(C)=O)N(C)C. The summed E-state index contributed by atoms with van der Waals surface area (Å²) in [5.74, 6) is 1.14. The summed E-state index contributed by atoms with van der Waals surface area (Å²) in [6, 6.07) is 0.0926. The molecule has 0 saturated carbocycles. The molecular weight excluding hydrogens is 170 g/mol. The van der Waals surface area contributed by atoms with Crippen molar-refractivity contribution in [2.24, 2.45) is 0 Å². The highest BCUT2D eigenvalue weighted by Crippen LogP contribution is 2.02. The molecule has 0 rings (SSSR count). The van der Waals surface area contributed by atoms with Crippen molar-refractivity contribution < 1.29 is 4.79 Å². The fourth-order valence-corrected chi connectivity index (χ4v) is 1.64. The topological polar surface area (TPSA) is 20.3 Å². The molecule has 0 bridgehead atoms. The van der Waals surface area contributed by atoms with E-state index in [0.717, 1.165) is 5.75 Å². The standard InChI is InChI=1S/C7H15NOS.C2H6/c1-6(9)7(5-10-4)8(2)3;1-2/h7H,5H2,1-4H3;1-2H3. The first kappa shape index (κ1) is 14.5. The highest BCUT2D eigenvalue weighted by atomic mass is 32.2. The first-order valence-corrected chi connectivity index (χ1v) is 5.64. The number of hydrogen-bond acceptors (Lipinski definition) is 3. The Morgan fingerprint density at radius 3 is 1.92 bits per heavy atom. The molecule has 0 radical (unpaired) electrons. The van der Waals surface area contributed by atoms with Gasteiger partial charge in [0, 0.05) is 5.75 Å². The molecule has 0 aromatic heterocycles. The van der Waals surface area contributed by atoms with Crippen LogP contribution in [0.4, 0.5) is 0 Å². The number of nitrogens with zero attached hydrogens (tertiary/aromatic N) is 1. The quantitative estimate of drug-likeness (QED) is 0.677. The number of carbonyl (C=O) groups excluding carboxylic acids is 1. The van der Waals surface area contributed by atoms with Gasteiger partial charge in [-0.2, -0.15) is 11.8 Å². The third-order valence-electron chi connectivity index (χ3n) is 1.42. The lowest BCUT2D eigenvalue weighted by Crippen LogP contribution is -2.36. The van der Waals surface area contributed by atoms with Crippen LogP contribution in [0.25, 0.3) is 0 Å².